The van der Waals surface area contributed by atoms with Crippen molar-refractivity contribution in [1.82, 2.24) is 10.6 Å². The van der Waals surface area contributed by atoms with Gasteiger partial charge in [-0.2, -0.15) is 0 Å². The first kappa shape index (κ1) is 6.71. The largest absolute Gasteiger partial charge is 0.308 e. The fourth-order valence-corrected chi connectivity index (χ4v) is 1.01. The molecule has 2 N–H and O–H groups in total. The van der Waals surface area contributed by atoms with Crippen LogP contribution < -0.4 is 10.6 Å². The van der Waals surface area contributed by atoms with Gasteiger partial charge in [-0.3, -0.25) is 4.79 Å². The second-order valence-electron chi connectivity index (χ2n) is 2.21. The number of nitrogens with one attached hydrogen (secondary N) is 2. The molecule has 0 bridgehead atoms. The van der Waals surface area contributed by atoms with Gasteiger partial charge in [-0.05, 0) is 6.54 Å². The van der Waals surface area contributed by atoms with Crippen molar-refractivity contribution >= 4 is 5.78 Å². The summed E-state index contributed by atoms with van der Waals surface area (Å²) in [4.78, 5) is 10.8. The van der Waals surface area contributed by atoms with Gasteiger partial charge in [0.25, 0.3) is 0 Å². The van der Waals surface area contributed by atoms with Crippen LogP contribution in [0.3, 0.4) is 0 Å². The Hall–Kier alpha value is -0.410. The summed E-state index contributed by atoms with van der Waals surface area (Å²) in [6.07, 6.45) is 0. The van der Waals surface area contributed by atoms with Crippen molar-refractivity contribution in [3.05, 3.63) is 0 Å². The summed E-state index contributed by atoms with van der Waals surface area (Å²) in [5.74, 6) is 0.289. The van der Waals surface area contributed by atoms with Crippen LogP contribution in [-0.2, 0) is 4.79 Å². The predicted molar refractivity (Wildman–Crippen MR) is 35.3 cm³/mol. The quantitative estimate of drug-likeness (QED) is 0.508. The van der Waals surface area contributed by atoms with Crippen LogP contribution in [0.1, 0.15) is 6.92 Å². The van der Waals surface area contributed by atoms with Crippen molar-refractivity contribution in [2.45, 2.75) is 13.0 Å². The number of Topliss-reactive ketones (excluding diaryl/α,β-unsaturated/α-hetero) is 1. The molecule has 1 aliphatic heterocycles. The molecule has 1 unspecified atom stereocenters. The highest BCUT2D eigenvalue weighted by atomic mass is 16.1. The third kappa shape index (κ3) is 1.50. The van der Waals surface area contributed by atoms with E-state index in [2.05, 4.69) is 10.6 Å². The van der Waals surface area contributed by atoms with Gasteiger partial charge in [0.05, 0.1) is 12.6 Å². The molecule has 3 nitrogen and oxygen atoms in total. The summed E-state index contributed by atoms with van der Waals surface area (Å²) in [6, 6.07) is 0.0787. The predicted octanol–water partition coefficient (Wildman–Crippen LogP) is -0.863. The Labute approximate surface area is 54.8 Å². The molecule has 0 aliphatic carbocycles. The van der Waals surface area contributed by atoms with Crippen LogP contribution in [0.5, 0.6) is 0 Å². The minimum Gasteiger partial charge on any atom is -0.308 e. The SMILES string of the molecule is CCNC1CNCC1=O. The topological polar surface area (TPSA) is 41.1 Å². The van der Waals surface area contributed by atoms with E-state index in [-0.39, 0.29) is 11.8 Å². The van der Waals surface area contributed by atoms with Gasteiger partial charge in [-0.1, -0.05) is 6.92 Å². The van der Waals surface area contributed by atoms with E-state index in [1.54, 1.807) is 0 Å². The first-order chi connectivity index (χ1) is 4.34. The lowest BCUT2D eigenvalue weighted by Crippen LogP contribution is -2.35. The highest BCUT2D eigenvalue weighted by Gasteiger charge is 2.21. The van der Waals surface area contributed by atoms with E-state index in [0.29, 0.717) is 6.54 Å². The number of ketones is 1. The fraction of sp³-hybridized carbons (Fsp3) is 0.833. The molecule has 1 aliphatic rings. The van der Waals surface area contributed by atoms with E-state index < -0.39 is 0 Å². The molecule has 1 saturated heterocycles. The van der Waals surface area contributed by atoms with Crippen molar-refractivity contribution in [2.75, 3.05) is 19.6 Å². The number of hydrogen-bond donors (Lipinski definition) is 2. The molecule has 52 valence electrons. The van der Waals surface area contributed by atoms with Crippen molar-refractivity contribution < 1.29 is 4.79 Å². The first-order valence-electron chi connectivity index (χ1n) is 3.31. The van der Waals surface area contributed by atoms with Gasteiger partial charge in [-0.15, -0.1) is 0 Å². The van der Waals surface area contributed by atoms with Crippen LogP contribution in [0.15, 0.2) is 0 Å². The lowest BCUT2D eigenvalue weighted by atomic mass is 10.2. The molecule has 0 aromatic heterocycles. The Balaban J connectivity index is 2.31. The molecule has 0 saturated carbocycles. The summed E-state index contributed by atoms with van der Waals surface area (Å²) in [6.45, 7) is 4.22. The summed E-state index contributed by atoms with van der Waals surface area (Å²) < 4.78 is 0. The zero-order valence-corrected chi connectivity index (χ0v) is 5.61. The second kappa shape index (κ2) is 2.94. The molecule has 9 heavy (non-hydrogen) atoms. The van der Waals surface area contributed by atoms with Gasteiger partial charge < -0.3 is 10.6 Å². The highest BCUT2D eigenvalue weighted by molar-refractivity contribution is 5.88. The molecular weight excluding hydrogens is 116 g/mol. The molecule has 0 aromatic carbocycles. The number of likely N-dealkylation sites (N-methyl/N-ethyl adjacent to an activating group) is 1. The zero-order valence-electron chi connectivity index (χ0n) is 5.61. The summed E-state index contributed by atoms with van der Waals surface area (Å²) in [5, 5.41) is 6.08. The third-order valence-electron chi connectivity index (χ3n) is 1.49. The van der Waals surface area contributed by atoms with Crippen LogP contribution in [0.4, 0.5) is 0 Å². The van der Waals surface area contributed by atoms with Crippen molar-refractivity contribution in [1.29, 1.82) is 0 Å². The molecule has 0 amide bonds. The van der Waals surface area contributed by atoms with Crippen LogP contribution in [0.25, 0.3) is 0 Å². The van der Waals surface area contributed by atoms with Crippen molar-refractivity contribution in [3.8, 4) is 0 Å². The van der Waals surface area contributed by atoms with Gasteiger partial charge in [-0.25, -0.2) is 0 Å². The molecule has 1 heterocycles. The highest BCUT2D eigenvalue weighted by Crippen LogP contribution is 1.90. The number of carbonyl (C=O) groups excluding carboxylic acids is 1. The smallest absolute Gasteiger partial charge is 0.164 e. The minimum atomic E-state index is 0.0787. The number of hydrogen-bond acceptors (Lipinski definition) is 3. The number of carbonyl (C=O) groups is 1. The van der Waals surface area contributed by atoms with Gasteiger partial charge in [0.15, 0.2) is 5.78 Å². The minimum absolute atomic E-state index is 0.0787. The number of rotatable bonds is 2. The van der Waals surface area contributed by atoms with Gasteiger partial charge in [0.1, 0.15) is 0 Å². The standard InChI is InChI=1S/C6H12N2O/c1-2-8-5-3-7-4-6(5)9/h5,7-8H,2-4H2,1H3. The molecule has 0 spiro atoms. The monoisotopic (exact) mass is 128 g/mol. The van der Waals surface area contributed by atoms with Gasteiger partial charge in [0, 0.05) is 6.54 Å². The van der Waals surface area contributed by atoms with Crippen LogP contribution in [0.2, 0.25) is 0 Å². The Bertz CT molecular complexity index is 114. The first-order valence-corrected chi connectivity index (χ1v) is 3.31. The average Bonchev–Trinajstić information content (AvgIpc) is 2.18. The molecule has 1 atom stereocenters. The molecule has 1 rings (SSSR count). The van der Waals surface area contributed by atoms with Gasteiger partial charge in [0.2, 0.25) is 0 Å². The fourth-order valence-electron chi connectivity index (χ4n) is 1.01. The maximum absolute atomic E-state index is 10.8. The van der Waals surface area contributed by atoms with E-state index >= 15 is 0 Å². The van der Waals surface area contributed by atoms with Crippen molar-refractivity contribution in [3.63, 3.8) is 0 Å². The second-order valence-corrected chi connectivity index (χ2v) is 2.21. The maximum atomic E-state index is 10.8. The lowest BCUT2D eigenvalue weighted by Gasteiger charge is -2.05. The maximum Gasteiger partial charge on any atom is 0.164 e. The summed E-state index contributed by atoms with van der Waals surface area (Å²) in [7, 11) is 0. The summed E-state index contributed by atoms with van der Waals surface area (Å²) in [5.41, 5.74) is 0. The van der Waals surface area contributed by atoms with E-state index in [1.807, 2.05) is 6.92 Å². The Morgan fingerprint density at radius 3 is 3.11 bits per heavy atom. The molecule has 0 radical (unpaired) electrons. The third-order valence-corrected chi connectivity index (χ3v) is 1.49. The van der Waals surface area contributed by atoms with Crippen LogP contribution in [-0.4, -0.2) is 31.5 Å². The Morgan fingerprint density at radius 1 is 1.89 bits per heavy atom. The molecule has 0 aromatic rings. The van der Waals surface area contributed by atoms with E-state index in [9.17, 15) is 4.79 Å². The summed E-state index contributed by atoms with van der Waals surface area (Å²) >= 11 is 0. The molecule has 1 fully saturated rings. The Morgan fingerprint density at radius 2 is 2.67 bits per heavy atom. The lowest BCUT2D eigenvalue weighted by molar-refractivity contribution is -0.117. The Kier molecular flexibility index (Phi) is 2.19. The van der Waals surface area contributed by atoms with Gasteiger partial charge >= 0.3 is 0 Å². The van der Waals surface area contributed by atoms with Crippen molar-refractivity contribution in [2.24, 2.45) is 0 Å². The van der Waals surface area contributed by atoms with Crippen LogP contribution >= 0.6 is 0 Å². The van der Waals surface area contributed by atoms with E-state index in [4.69, 9.17) is 0 Å². The van der Waals surface area contributed by atoms with E-state index in [0.717, 1.165) is 13.1 Å². The molecule has 3 heteroatoms. The van der Waals surface area contributed by atoms with Crippen LogP contribution in [0, 0.1) is 0 Å². The van der Waals surface area contributed by atoms with E-state index in [1.165, 1.54) is 0 Å². The molecular formula is C6H12N2O. The average molecular weight is 128 g/mol. The zero-order chi connectivity index (χ0) is 6.69. The normalized spacial score (nSPS) is 27.2.